The first-order valence-electron chi connectivity index (χ1n) is 9.14. The summed E-state index contributed by atoms with van der Waals surface area (Å²) in [6, 6.07) is 0. The van der Waals surface area contributed by atoms with E-state index in [2.05, 4.69) is 19.6 Å². The molecule has 0 aromatic rings. The molecule has 0 amide bonds. The van der Waals surface area contributed by atoms with E-state index >= 15 is 0 Å². The van der Waals surface area contributed by atoms with Crippen LogP contribution in [0.2, 0.25) is 0 Å². The van der Waals surface area contributed by atoms with Gasteiger partial charge in [0.05, 0.1) is 25.2 Å². The van der Waals surface area contributed by atoms with Gasteiger partial charge in [-0.15, -0.1) is 0 Å². The van der Waals surface area contributed by atoms with Gasteiger partial charge in [-0.2, -0.15) is 0 Å². The quantitative estimate of drug-likeness (QED) is 0.615. The Morgan fingerprint density at radius 2 is 2.04 bits per heavy atom. The molecular formula is C20H30O4. The van der Waals surface area contributed by atoms with E-state index in [1.165, 1.54) is 5.57 Å². The van der Waals surface area contributed by atoms with Gasteiger partial charge in [-0.05, 0) is 43.4 Å². The maximum Gasteiger partial charge on any atom is 0.312 e. The Kier molecular flexibility index (Phi) is 4.65. The van der Waals surface area contributed by atoms with Crippen molar-refractivity contribution in [2.24, 2.45) is 28.6 Å². The van der Waals surface area contributed by atoms with Crippen LogP contribution in [-0.2, 0) is 9.53 Å². The SMILES string of the molecule is C=C1CC[C@@H]2[C@](C)(CC[C@H](O)[C@]2(C)CO)[C@H]1/C=C/[C@@H]1CCOC1=O. The van der Waals surface area contributed by atoms with Gasteiger partial charge >= 0.3 is 5.97 Å². The van der Waals surface area contributed by atoms with Crippen molar-refractivity contribution in [2.75, 3.05) is 13.2 Å². The van der Waals surface area contributed by atoms with Gasteiger partial charge in [-0.25, -0.2) is 0 Å². The van der Waals surface area contributed by atoms with Gasteiger partial charge in [-0.1, -0.05) is 38.2 Å². The van der Waals surface area contributed by atoms with Crippen LogP contribution in [0.15, 0.2) is 24.3 Å². The fourth-order valence-electron chi connectivity index (χ4n) is 5.42. The van der Waals surface area contributed by atoms with E-state index in [9.17, 15) is 15.0 Å². The minimum Gasteiger partial charge on any atom is -0.465 e. The second kappa shape index (κ2) is 6.30. The average Bonchev–Trinajstić information content (AvgIpc) is 2.96. The van der Waals surface area contributed by atoms with Crippen LogP contribution in [0.3, 0.4) is 0 Å². The summed E-state index contributed by atoms with van der Waals surface area (Å²) in [6.45, 7) is 9.10. The lowest BCUT2D eigenvalue weighted by molar-refractivity contribution is -0.146. The standard InChI is InChI=1S/C20H30O4/c1-13-4-7-16-19(2,10-8-17(22)20(16,3)12-21)15(13)6-5-14-9-11-24-18(14)23/h5-6,14-17,21-22H,1,4,7-12H2,2-3H3/b6-5+/t14-,15+,16-,17+,19-,20-/m1/s1. The Hall–Kier alpha value is -1.13. The number of hydrogen-bond donors (Lipinski definition) is 2. The lowest BCUT2D eigenvalue weighted by Crippen LogP contribution is -2.57. The molecule has 3 aliphatic rings. The predicted octanol–water partition coefficient (Wildman–Crippen LogP) is 2.85. The normalized spacial score (nSPS) is 46.2. The smallest absolute Gasteiger partial charge is 0.312 e. The summed E-state index contributed by atoms with van der Waals surface area (Å²) in [5.41, 5.74) is 0.699. The Morgan fingerprint density at radius 3 is 2.67 bits per heavy atom. The molecule has 24 heavy (non-hydrogen) atoms. The molecule has 0 spiro atoms. The molecule has 0 aromatic heterocycles. The minimum absolute atomic E-state index is 0.00623. The number of aliphatic hydroxyl groups excluding tert-OH is 2. The molecule has 3 fully saturated rings. The third-order valence-electron chi connectivity index (χ3n) is 7.07. The monoisotopic (exact) mass is 334 g/mol. The molecule has 0 radical (unpaired) electrons. The van der Waals surface area contributed by atoms with Gasteiger partial charge < -0.3 is 14.9 Å². The van der Waals surface area contributed by atoms with Gasteiger partial charge in [-0.3, -0.25) is 4.79 Å². The van der Waals surface area contributed by atoms with E-state index < -0.39 is 11.5 Å². The van der Waals surface area contributed by atoms with Crippen molar-refractivity contribution in [1.29, 1.82) is 0 Å². The fraction of sp³-hybridized carbons (Fsp3) is 0.750. The maximum atomic E-state index is 11.7. The summed E-state index contributed by atoms with van der Waals surface area (Å²) >= 11 is 0. The van der Waals surface area contributed by atoms with Crippen LogP contribution in [0.25, 0.3) is 0 Å². The zero-order valence-electron chi connectivity index (χ0n) is 14.8. The lowest BCUT2D eigenvalue weighted by atomic mass is 9.46. The highest BCUT2D eigenvalue weighted by molar-refractivity contribution is 5.76. The van der Waals surface area contributed by atoms with Crippen molar-refractivity contribution in [2.45, 2.75) is 52.1 Å². The molecule has 0 aromatic carbocycles. The summed E-state index contributed by atoms with van der Waals surface area (Å²) in [7, 11) is 0. The number of carbonyl (C=O) groups excluding carboxylic acids is 1. The topological polar surface area (TPSA) is 66.8 Å². The minimum atomic E-state index is -0.466. The Bertz CT molecular complexity index is 554. The van der Waals surface area contributed by atoms with Crippen molar-refractivity contribution < 1.29 is 19.7 Å². The van der Waals surface area contributed by atoms with Crippen LogP contribution >= 0.6 is 0 Å². The number of hydrogen-bond acceptors (Lipinski definition) is 4. The van der Waals surface area contributed by atoms with Gasteiger partial charge in [0.1, 0.15) is 0 Å². The van der Waals surface area contributed by atoms with Gasteiger partial charge in [0.2, 0.25) is 0 Å². The molecule has 4 nitrogen and oxygen atoms in total. The molecule has 0 unspecified atom stereocenters. The van der Waals surface area contributed by atoms with Crippen molar-refractivity contribution in [3.63, 3.8) is 0 Å². The number of fused-ring (bicyclic) bond motifs is 1. The summed E-state index contributed by atoms with van der Waals surface area (Å²) in [5.74, 6) is 0.159. The maximum absolute atomic E-state index is 11.7. The zero-order chi connectivity index (χ0) is 17.5. The predicted molar refractivity (Wildman–Crippen MR) is 92.1 cm³/mol. The summed E-state index contributed by atoms with van der Waals surface area (Å²) in [4.78, 5) is 11.7. The second-order valence-electron chi connectivity index (χ2n) is 8.40. The molecule has 2 saturated carbocycles. The number of aliphatic hydroxyl groups is 2. The number of allylic oxidation sites excluding steroid dienone is 2. The van der Waals surface area contributed by atoms with Gasteiger partial charge in [0.25, 0.3) is 0 Å². The van der Waals surface area contributed by atoms with Crippen LogP contribution in [0.1, 0.15) is 46.0 Å². The van der Waals surface area contributed by atoms with Crippen LogP contribution in [0, 0.1) is 28.6 Å². The molecule has 6 atom stereocenters. The lowest BCUT2D eigenvalue weighted by Gasteiger charge is -2.59. The second-order valence-corrected chi connectivity index (χ2v) is 8.40. The van der Waals surface area contributed by atoms with Crippen LogP contribution in [0.4, 0.5) is 0 Å². The third-order valence-corrected chi connectivity index (χ3v) is 7.07. The Balaban J connectivity index is 1.89. The van der Waals surface area contributed by atoms with Crippen molar-refractivity contribution in [1.82, 2.24) is 0 Å². The Morgan fingerprint density at radius 1 is 1.29 bits per heavy atom. The van der Waals surface area contributed by atoms with Crippen LogP contribution in [-0.4, -0.2) is 35.5 Å². The first-order valence-corrected chi connectivity index (χ1v) is 9.14. The molecule has 3 rings (SSSR count). The molecule has 1 saturated heterocycles. The molecule has 2 aliphatic carbocycles. The number of rotatable bonds is 3. The van der Waals surface area contributed by atoms with Crippen LogP contribution in [0.5, 0.6) is 0 Å². The number of carbonyl (C=O) groups is 1. The number of cyclic esters (lactones) is 1. The first-order chi connectivity index (χ1) is 11.3. The molecular weight excluding hydrogens is 304 g/mol. The van der Waals surface area contributed by atoms with Gasteiger partial charge in [0, 0.05) is 11.3 Å². The number of ether oxygens (including phenoxy) is 1. The molecule has 134 valence electrons. The van der Waals surface area contributed by atoms with E-state index in [0.717, 1.165) is 25.7 Å². The van der Waals surface area contributed by atoms with E-state index in [4.69, 9.17) is 4.74 Å². The highest BCUT2D eigenvalue weighted by atomic mass is 16.5. The molecule has 4 heteroatoms. The number of esters is 1. The van der Waals surface area contributed by atoms with E-state index in [1.807, 2.05) is 13.0 Å². The van der Waals surface area contributed by atoms with Crippen LogP contribution < -0.4 is 0 Å². The molecule has 0 bridgehead atoms. The molecule has 1 heterocycles. The van der Waals surface area contributed by atoms with E-state index in [1.54, 1.807) is 0 Å². The average molecular weight is 334 g/mol. The summed E-state index contributed by atoms with van der Waals surface area (Å²) in [6.07, 6.45) is 7.93. The summed E-state index contributed by atoms with van der Waals surface area (Å²) in [5, 5.41) is 20.5. The third kappa shape index (κ3) is 2.64. The first kappa shape index (κ1) is 17.7. The zero-order valence-corrected chi connectivity index (χ0v) is 14.8. The van der Waals surface area contributed by atoms with Crippen molar-refractivity contribution in [3.8, 4) is 0 Å². The van der Waals surface area contributed by atoms with Crippen molar-refractivity contribution >= 4 is 5.97 Å². The highest BCUT2D eigenvalue weighted by Crippen LogP contribution is 2.61. The highest BCUT2D eigenvalue weighted by Gasteiger charge is 2.57. The van der Waals surface area contributed by atoms with Gasteiger partial charge in [0.15, 0.2) is 0 Å². The fourth-order valence-corrected chi connectivity index (χ4v) is 5.42. The largest absolute Gasteiger partial charge is 0.465 e. The van der Waals surface area contributed by atoms with Crippen molar-refractivity contribution in [3.05, 3.63) is 24.3 Å². The molecule has 1 aliphatic heterocycles. The summed E-state index contributed by atoms with van der Waals surface area (Å²) < 4.78 is 5.05. The van der Waals surface area contributed by atoms with E-state index in [-0.39, 0.29) is 35.7 Å². The Labute approximate surface area is 144 Å². The van der Waals surface area contributed by atoms with E-state index in [0.29, 0.717) is 13.0 Å². The molecule has 2 N–H and O–H groups in total.